The smallest absolute Gasteiger partial charge is 0.256 e. The highest BCUT2D eigenvalue weighted by Crippen LogP contribution is 2.26. The number of halogens is 1. The lowest BCUT2D eigenvalue weighted by Crippen LogP contribution is -2.34. The molecule has 0 aromatic heterocycles. The molecular formula is C13H17FN2O. The molecule has 1 heterocycles. The molecule has 17 heavy (non-hydrogen) atoms. The van der Waals surface area contributed by atoms with Gasteiger partial charge in [0, 0.05) is 12.6 Å². The highest BCUT2D eigenvalue weighted by molar-refractivity contribution is 5.99. The first-order valence-corrected chi connectivity index (χ1v) is 5.85. The zero-order valence-corrected chi connectivity index (χ0v) is 10.1. The maximum Gasteiger partial charge on any atom is 0.256 e. The van der Waals surface area contributed by atoms with Crippen LogP contribution in [0.1, 0.15) is 30.6 Å². The highest BCUT2D eigenvalue weighted by atomic mass is 19.1. The van der Waals surface area contributed by atoms with Gasteiger partial charge in [-0.2, -0.15) is 0 Å². The number of nitrogens with zero attached hydrogens (tertiary/aromatic N) is 1. The minimum Gasteiger partial charge on any atom is -0.396 e. The number of anilines is 1. The molecule has 1 aromatic rings. The molecule has 1 saturated heterocycles. The van der Waals surface area contributed by atoms with E-state index in [-0.39, 0.29) is 23.2 Å². The molecule has 2 atom stereocenters. The molecule has 2 unspecified atom stereocenters. The molecule has 0 spiro atoms. The number of rotatable bonds is 1. The largest absolute Gasteiger partial charge is 0.396 e. The second-order valence-electron chi connectivity index (χ2n) is 4.85. The van der Waals surface area contributed by atoms with E-state index < -0.39 is 5.82 Å². The summed E-state index contributed by atoms with van der Waals surface area (Å²) in [5.74, 6) is -0.210. The number of amides is 1. The maximum atomic E-state index is 13.3. The van der Waals surface area contributed by atoms with Gasteiger partial charge in [-0.15, -0.1) is 0 Å². The summed E-state index contributed by atoms with van der Waals surface area (Å²) in [5, 5.41) is 0. The topological polar surface area (TPSA) is 46.3 Å². The lowest BCUT2D eigenvalue weighted by atomic mass is 10.1. The molecule has 0 radical (unpaired) electrons. The Bertz CT molecular complexity index is 447. The van der Waals surface area contributed by atoms with Gasteiger partial charge in [-0.1, -0.05) is 13.0 Å². The Labute approximate surface area is 100 Å². The molecule has 1 aliphatic heterocycles. The van der Waals surface area contributed by atoms with Gasteiger partial charge in [-0.05, 0) is 31.4 Å². The Morgan fingerprint density at radius 2 is 2.18 bits per heavy atom. The van der Waals surface area contributed by atoms with Gasteiger partial charge in [-0.25, -0.2) is 4.39 Å². The number of carbonyl (C=O) groups is 1. The highest BCUT2D eigenvalue weighted by Gasteiger charge is 2.31. The van der Waals surface area contributed by atoms with Crippen LogP contribution < -0.4 is 5.73 Å². The molecular weight excluding hydrogens is 219 g/mol. The van der Waals surface area contributed by atoms with Crippen LogP contribution in [-0.2, 0) is 0 Å². The molecule has 0 saturated carbocycles. The second kappa shape index (κ2) is 4.35. The van der Waals surface area contributed by atoms with E-state index in [1.54, 1.807) is 11.0 Å². The summed E-state index contributed by atoms with van der Waals surface area (Å²) >= 11 is 0. The predicted octanol–water partition coefficient (Wildman–Crippen LogP) is 2.28. The first kappa shape index (κ1) is 11.9. The summed E-state index contributed by atoms with van der Waals surface area (Å²) < 4.78 is 13.3. The molecule has 1 aromatic carbocycles. The molecule has 3 nitrogen and oxygen atoms in total. The number of nitrogens with two attached hydrogens (primary N) is 1. The monoisotopic (exact) mass is 236 g/mol. The number of carbonyl (C=O) groups excluding carboxylic acids is 1. The van der Waals surface area contributed by atoms with Crippen LogP contribution in [0.5, 0.6) is 0 Å². The molecule has 1 amide bonds. The first-order chi connectivity index (χ1) is 8.00. The van der Waals surface area contributed by atoms with Gasteiger partial charge in [0.15, 0.2) is 0 Å². The van der Waals surface area contributed by atoms with Gasteiger partial charge in [-0.3, -0.25) is 4.79 Å². The van der Waals surface area contributed by atoms with Crippen LogP contribution in [0.4, 0.5) is 10.1 Å². The minimum atomic E-state index is -0.532. The van der Waals surface area contributed by atoms with Gasteiger partial charge < -0.3 is 10.6 Å². The summed E-state index contributed by atoms with van der Waals surface area (Å²) in [4.78, 5) is 14.0. The summed E-state index contributed by atoms with van der Waals surface area (Å²) in [6.45, 7) is 4.84. The van der Waals surface area contributed by atoms with E-state index in [4.69, 9.17) is 5.73 Å². The fraction of sp³-hybridized carbons (Fsp3) is 0.462. The van der Waals surface area contributed by atoms with Crippen molar-refractivity contribution in [2.24, 2.45) is 5.92 Å². The average molecular weight is 236 g/mol. The van der Waals surface area contributed by atoms with Crippen molar-refractivity contribution >= 4 is 11.6 Å². The van der Waals surface area contributed by atoms with Crippen LogP contribution in [0.25, 0.3) is 0 Å². The zero-order valence-electron chi connectivity index (χ0n) is 10.1. The predicted molar refractivity (Wildman–Crippen MR) is 65.1 cm³/mol. The van der Waals surface area contributed by atoms with Crippen molar-refractivity contribution in [3.05, 3.63) is 29.6 Å². The van der Waals surface area contributed by atoms with E-state index in [0.717, 1.165) is 13.0 Å². The van der Waals surface area contributed by atoms with E-state index in [0.29, 0.717) is 5.92 Å². The molecule has 4 heteroatoms. The molecule has 2 rings (SSSR count). The van der Waals surface area contributed by atoms with Crippen molar-refractivity contribution in [2.75, 3.05) is 12.3 Å². The molecule has 92 valence electrons. The number of hydrogen-bond donors (Lipinski definition) is 1. The van der Waals surface area contributed by atoms with E-state index >= 15 is 0 Å². The van der Waals surface area contributed by atoms with Crippen LogP contribution in [-0.4, -0.2) is 23.4 Å². The first-order valence-electron chi connectivity index (χ1n) is 5.85. The minimum absolute atomic E-state index is 0.0516. The Morgan fingerprint density at radius 3 is 2.76 bits per heavy atom. The summed E-state index contributed by atoms with van der Waals surface area (Å²) in [5.41, 5.74) is 5.83. The lowest BCUT2D eigenvalue weighted by Gasteiger charge is -2.22. The SMILES string of the molecule is CC1CC(C)N(C(=O)c2cccc(F)c2N)C1. The van der Waals surface area contributed by atoms with Crippen LogP contribution >= 0.6 is 0 Å². The van der Waals surface area contributed by atoms with Crippen LogP contribution in [0.3, 0.4) is 0 Å². The Hall–Kier alpha value is -1.58. The number of hydrogen-bond acceptors (Lipinski definition) is 2. The number of para-hydroxylation sites is 1. The average Bonchev–Trinajstić information content (AvgIpc) is 2.61. The third kappa shape index (κ3) is 2.12. The van der Waals surface area contributed by atoms with Crippen LogP contribution in [0, 0.1) is 11.7 Å². The molecule has 0 aliphatic carbocycles. The Kier molecular flexibility index (Phi) is 3.05. The zero-order chi connectivity index (χ0) is 12.6. The van der Waals surface area contributed by atoms with Crippen LogP contribution in [0.15, 0.2) is 18.2 Å². The quantitative estimate of drug-likeness (QED) is 0.760. The van der Waals surface area contributed by atoms with E-state index in [1.807, 2.05) is 6.92 Å². The number of likely N-dealkylation sites (tertiary alicyclic amines) is 1. The molecule has 1 aliphatic rings. The molecule has 2 N–H and O–H groups in total. The van der Waals surface area contributed by atoms with E-state index in [2.05, 4.69) is 6.92 Å². The maximum absolute atomic E-state index is 13.3. The van der Waals surface area contributed by atoms with Crippen molar-refractivity contribution in [3.8, 4) is 0 Å². The van der Waals surface area contributed by atoms with Crippen molar-refractivity contribution < 1.29 is 9.18 Å². The van der Waals surface area contributed by atoms with Crippen molar-refractivity contribution in [1.82, 2.24) is 4.90 Å². The fourth-order valence-corrected chi connectivity index (χ4v) is 2.46. The second-order valence-corrected chi connectivity index (χ2v) is 4.85. The molecule has 1 fully saturated rings. The third-order valence-electron chi connectivity index (χ3n) is 3.33. The van der Waals surface area contributed by atoms with E-state index in [9.17, 15) is 9.18 Å². The van der Waals surface area contributed by atoms with Crippen LogP contribution in [0.2, 0.25) is 0 Å². The lowest BCUT2D eigenvalue weighted by molar-refractivity contribution is 0.0744. The van der Waals surface area contributed by atoms with Crippen molar-refractivity contribution in [2.45, 2.75) is 26.3 Å². The van der Waals surface area contributed by atoms with Gasteiger partial charge >= 0.3 is 0 Å². The normalized spacial score (nSPS) is 24.1. The fourth-order valence-electron chi connectivity index (χ4n) is 2.46. The van der Waals surface area contributed by atoms with Gasteiger partial charge in [0.1, 0.15) is 5.82 Å². The van der Waals surface area contributed by atoms with Gasteiger partial charge in [0.25, 0.3) is 5.91 Å². The summed E-state index contributed by atoms with van der Waals surface area (Å²) in [6, 6.07) is 4.56. The van der Waals surface area contributed by atoms with Gasteiger partial charge in [0.2, 0.25) is 0 Å². The van der Waals surface area contributed by atoms with E-state index in [1.165, 1.54) is 12.1 Å². The number of nitrogen functional groups attached to an aromatic ring is 1. The van der Waals surface area contributed by atoms with Crippen molar-refractivity contribution in [3.63, 3.8) is 0 Å². The third-order valence-corrected chi connectivity index (χ3v) is 3.33. The van der Waals surface area contributed by atoms with Crippen molar-refractivity contribution in [1.29, 1.82) is 0 Å². The Morgan fingerprint density at radius 1 is 1.47 bits per heavy atom. The summed E-state index contributed by atoms with van der Waals surface area (Å²) in [7, 11) is 0. The Balaban J connectivity index is 2.29. The summed E-state index contributed by atoms with van der Waals surface area (Å²) in [6.07, 6.45) is 0.987. The molecule has 0 bridgehead atoms. The van der Waals surface area contributed by atoms with Gasteiger partial charge in [0.05, 0.1) is 11.3 Å². The number of benzene rings is 1. The standard InChI is InChI=1S/C13H17FN2O/c1-8-6-9(2)16(7-8)13(17)10-4-3-5-11(14)12(10)15/h3-5,8-9H,6-7,15H2,1-2H3.